The van der Waals surface area contributed by atoms with Gasteiger partial charge in [-0.3, -0.25) is 0 Å². The van der Waals surface area contributed by atoms with Crippen molar-refractivity contribution in [2.24, 2.45) is 10.9 Å². The smallest absolute Gasteiger partial charge is 0.191 e. The number of benzene rings is 1. The van der Waals surface area contributed by atoms with E-state index in [9.17, 15) is 8.42 Å². The summed E-state index contributed by atoms with van der Waals surface area (Å²) in [5.74, 6) is 2.47. The number of sulfone groups is 1. The lowest BCUT2D eigenvalue weighted by atomic mass is 10.2. The zero-order chi connectivity index (χ0) is 18.1. The van der Waals surface area contributed by atoms with Crippen molar-refractivity contribution in [3.05, 3.63) is 29.8 Å². The van der Waals surface area contributed by atoms with Crippen molar-refractivity contribution in [2.45, 2.75) is 32.7 Å². The number of ether oxygens (including phenoxy) is 1. The number of hydrogen-bond acceptors (Lipinski definition) is 4. The minimum atomic E-state index is -2.92. The van der Waals surface area contributed by atoms with Crippen molar-refractivity contribution in [2.75, 3.05) is 31.7 Å². The van der Waals surface area contributed by atoms with Gasteiger partial charge in [-0.2, -0.15) is 0 Å². The molecular weight excluding hydrogens is 465 g/mol. The fourth-order valence-corrected chi connectivity index (χ4v) is 2.98. The van der Waals surface area contributed by atoms with Gasteiger partial charge in [0.2, 0.25) is 0 Å². The lowest BCUT2D eigenvalue weighted by Crippen LogP contribution is -2.38. The van der Waals surface area contributed by atoms with Gasteiger partial charge in [0.05, 0.1) is 18.9 Å². The Morgan fingerprint density at radius 3 is 2.65 bits per heavy atom. The fourth-order valence-electron chi connectivity index (χ4n) is 2.31. The van der Waals surface area contributed by atoms with Crippen LogP contribution in [0.5, 0.6) is 5.75 Å². The molecule has 26 heavy (non-hydrogen) atoms. The molecule has 1 aromatic carbocycles. The Hall–Kier alpha value is -1.03. The van der Waals surface area contributed by atoms with Gasteiger partial charge in [0.1, 0.15) is 15.6 Å². The maximum Gasteiger partial charge on any atom is 0.191 e. The molecule has 0 saturated heterocycles. The van der Waals surface area contributed by atoms with Crippen molar-refractivity contribution >= 4 is 39.8 Å². The summed E-state index contributed by atoms with van der Waals surface area (Å²) in [4.78, 5) is 4.59. The van der Waals surface area contributed by atoms with Crippen LogP contribution < -0.4 is 15.4 Å². The third-order valence-corrected chi connectivity index (χ3v) is 4.91. The minimum absolute atomic E-state index is 0. The van der Waals surface area contributed by atoms with Crippen LogP contribution in [-0.2, 0) is 16.4 Å². The minimum Gasteiger partial charge on any atom is -0.493 e. The first-order chi connectivity index (χ1) is 12.0. The van der Waals surface area contributed by atoms with Gasteiger partial charge < -0.3 is 15.4 Å². The molecule has 1 aliphatic rings. The van der Waals surface area contributed by atoms with E-state index in [1.807, 2.05) is 31.2 Å². The van der Waals surface area contributed by atoms with Crippen LogP contribution in [0, 0.1) is 5.92 Å². The Balaban J connectivity index is 0.00000338. The molecule has 1 saturated carbocycles. The zero-order valence-electron chi connectivity index (χ0n) is 15.5. The quantitative estimate of drug-likeness (QED) is 0.226. The molecule has 0 aliphatic heterocycles. The second kappa shape index (κ2) is 11.6. The highest BCUT2D eigenvalue weighted by molar-refractivity contribution is 14.0. The standard InChI is InChI=1S/C18H29N3O3S.HI/c1-3-19-18(20-11-6-12-25(2,22)23)21-13-16-7-4-5-8-17(16)24-14-15-9-10-15;/h4-5,7-8,15H,3,6,9-14H2,1-2H3,(H2,19,20,21);1H. The van der Waals surface area contributed by atoms with Gasteiger partial charge in [-0.1, -0.05) is 18.2 Å². The van der Waals surface area contributed by atoms with Crippen LogP contribution in [0.4, 0.5) is 0 Å². The van der Waals surface area contributed by atoms with E-state index in [1.165, 1.54) is 19.1 Å². The molecule has 2 N–H and O–H groups in total. The number of nitrogens with one attached hydrogen (secondary N) is 2. The molecule has 0 amide bonds. The second-order valence-electron chi connectivity index (χ2n) is 6.47. The Kier molecular flexibility index (Phi) is 10.3. The van der Waals surface area contributed by atoms with Crippen LogP contribution in [0.1, 0.15) is 31.7 Å². The van der Waals surface area contributed by atoms with Gasteiger partial charge in [-0.05, 0) is 38.2 Å². The molecule has 1 aromatic rings. The van der Waals surface area contributed by atoms with Crippen molar-refractivity contribution in [3.63, 3.8) is 0 Å². The second-order valence-corrected chi connectivity index (χ2v) is 8.73. The zero-order valence-corrected chi connectivity index (χ0v) is 18.7. The normalized spacial score (nSPS) is 14.5. The monoisotopic (exact) mass is 495 g/mol. The maximum absolute atomic E-state index is 11.2. The summed E-state index contributed by atoms with van der Waals surface area (Å²) < 4.78 is 28.3. The average molecular weight is 495 g/mol. The summed E-state index contributed by atoms with van der Waals surface area (Å²) >= 11 is 0. The first-order valence-electron chi connectivity index (χ1n) is 8.88. The molecule has 1 fully saturated rings. The number of halogens is 1. The van der Waals surface area contributed by atoms with Gasteiger partial charge in [0.25, 0.3) is 0 Å². The van der Waals surface area contributed by atoms with Gasteiger partial charge in [-0.15, -0.1) is 24.0 Å². The predicted octanol–water partition coefficient (Wildman–Crippen LogP) is 2.58. The topological polar surface area (TPSA) is 79.8 Å². The van der Waals surface area contributed by atoms with E-state index in [2.05, 4.69) is 15.6 Å². The Labute approximate surface area is 174 Å². The molecule has 8 heteroatoms. The number of aliphatic imine (C=N–C) groups is 1. The highest BCUT2D eigenvalue weighted by Crippen LogP contribution is 2.30. The molecule has 6 nitrogen and oxygen atoms in total. The molecule has 0 unspecified atom stereocenters. The van der Waals surface area contributed by atoms with E-state index in [0.29, 0.717) is 31.4 Å². The first kappa shape index (κ1) is 23.0. The van der Waals surface area contributed by atoms with Gasteiger partial charge in [0, 0.05) is 24.9 Å². The Morgan fingerprint density at radius 1 is 1.27 bits per heavy atom. The van der Waals surface area contributed by atoms with Crippen LogP contribution in [-0.4, -0.2) is 46.1 Å². The van der Waals surface area contributed by atoms with Crippen molar-refractivity contribution in [3.8, 4) is 5.75 Å². The van der Waals surface area contributed by atoms with Gasteiger partial charge in [0.15, 0.2) is 5.96 Å². The SMILES string of the molecule is CCNC(=NCc1ccccc1OCC1CC1)NCCCS(C)(=O)=O.I. The third kappa shape index (κ3) is 9.61. The summed E-state index contributed by atoms with van der Waals surface area (Å²) in [5.41, 5.74) is 1.05. The summed E-state index contributed by atoms with van der Waals surface area (Å²) in [6.45, 7) is 4.61. The van der Waals surface area contributed by atoms with Crippen molar-refractivity contribution in [1.82, 2.24) is 10.6 Å². The third-order valence-electron chi connectivity index (χ3n) is 3.88. The molecule has 0 bridgehead atoms. The summed E-state index contributed by atoms with van der Waals surface area (Å²) in [7, 11) is -2.92. The Bertz CT molecular complexity index is 676. The molecule has 0 heterocycles. The van der Waals surface area contributed by atoms with E-state index < -0.39 is 9.84 Å². The Morgan fingerprint density at radius 2 is 2.00 bits per heavy atom. The highest BCUT2D eigenvalue weighted by atomic mass is 127. The van der Waals surface area contributed by atoms with Crippen LogP contribution in [0.3, 0.4) is 0 Å². The number of hydrogen-bond donors (Lipinski definition) is 2. The van der Waals surface area contributed by atoms with Crippen LogP contribution in [0.2, 0.25) is 0 Å². The molecule has 0 atom stereocenters. The fraction of sp³-hybridized carbons (Fsp3) is 0.611. The molecule has 0 aromatic heterocycles. The number of guanidine groups is 1. The first-order valence-corrected chi connectivity index (χ1v) is 10.9. The summed E-state index contributed by atoms with van der Waals surface area (Å²) in [6, 6.07) is 7.98. The highest BCUT2D eigenvalue weighted by Gasteiger charge is 2.22. The molecule has 0 radical (unpaired) electrons. The van der Waals surface area contributed by atoms with E-state index in [4.69, 9.17) is 4.74 Å². The van der Waals surface area contributed by atoms with Crippen LogP contribution in [0.25, 0.3) is 0 Å². The van der Waals surface area contributed by atoms with Crippen molar-refractivity contribution in [1.29, 1.82) is 0 Å². The van der Waals surface area contributed by atoms with E-state index in [1.54, 1.807) is 0 Å². The molecule has 2 rings (SSSR count). The van der Waals surface area contributed by atoms with Gasteiger partial charge in [-0.25, -0.2) is 13.4 Å². The molecular formula is C18H30IN3O3S. The lowest BCUT2D eigenvalue weighted by Gasteiger charge is -2.13. The molecule has 0 spiro atoms. The average Bonchev–Trinajstić information content (AvgIpc) is 3.38. The number of nitrogens with zero attached hydrogens (tertiary/aromatic N) is 1. The number of para-hydroxylation sites is 1. The van der Waals surface area contributed by atoms with Crippen LogP contribution >= 0.6 is 24.0 Å². The van der Waals surface area contributed by atoms with Crippen LogP contribution in [0.15, 0.2) is 29.3 Å². The molecule has 148 valence electrons. The van der Waals surface area contributed by atoms with Crippen molar-refractivity contribution < 1.29 is 13.2 Å². The van der Waals surface area contributed by atoms with Gasteiger partial charge >= 0.3 is 0 Å². The number of rotatable bonds is 10. The van der Waals surface area contributed by atoms with E-state index in [-0.39, 0.29) is 29.7 Å². The lowest BCUT2D eigenvalue weighted by molar-refractivity contribution is 0.297. The maximum atomic E-state index is 11.2. The van der Waals surface area contributed by atoms with E-state index >= 15 is 0 Å². The largest absolute Gasteiger partial charge is 0.493 e. The van der Waals surface area contributed by atoms with E-state index in [0.717, 1.165) is 24.5 Å². The molecule has 1 aliphatic carbocycles. The predicted molar refractivity (Wildman–Crippen MR) is 117 cm³/mol. The summed E-state index contributed by atoms with van der Waals surface area (Å²) in [5, 5.41) is 6.36. The summed E-state index contributed by atoms with van der Waals surface area (Å²) in [6.07, 6.45) is 4.35.